The molecule has 19 heavy (non-hydrogen) atoms. The maximum atomic E-state index is 11.5. The first-order chi connectivity index (χ1) is 9.04. The molecule has 3 atom stereocenters. The number of hydrogen-bond acceptors (Lipinski definition) is 4. The van der Waals surface area contributed by atoms with Gasteiger partial charge in [-0.15, -0.1) is 6.58 Å². The van der Waals surface area contributed by atoms with E-state index in [9.17, 15) is 4.79 Å². The van der Waals surface area contributed by atoms with Gasteiger partial charge >= 0.3 is 5.97 Å². The van der Waals surface area contributed by atoms with Gasteiger partial charge < -0.3 is 15.2 Å². The molecule has 0 unspecified atom stereocenters. The van der Waals surface area contributed by atoms with E-state index >= 15 is 0 Å². The third-order valence-corrected chi connectivity index (χ3v) is 2.63. The topological polar surface area (TPSA) is 61.5 Å². The third-order valence-electron chi connectivity index (χ3n) is 2.63. The Morgan fingerprint density at radius 2 is 2.00 bits per heavy atom. The van der Waals surface area contributed by atoms with Crippen molar-refractivity contribution in [3.63, 3.8) is 0 Å². The van der Waals surface area contributed by atoms with Gasteiger partial charge in [0.2, 0.25) is 0 Å². The molecule has 4 nitrogen and oxygen atoms in total. The highest BCUT2D eigenvalue weighted by atomic mass is 16.6. The van der Waals surface area contributed by atoms with Crippen LogP contribution >= 0.6 is 0 Å². The van der Waals surface area contributed by atoms with E-state index < -0.39 is 18.1 Å². The first-order valence-electron chi connectivity index (χ1n) is 6.33. The molecule has 0 amide bonds. The lowest BCUT2D eigenvalue weighted by Gasteiger charge is -2.25. The van der Waals surface area contributed by atoms with Crippen molar-refractivity contribution in [1.29, 1.82) is 0 Å². The monoisotopic (exact) mass is 263 g/mol. The smallest absolute Gasteiger partial charge is 0.323 e. The van der Waals surface area contributed by atoms with Gasteiger partial charge in [0.1, 0.15) is 24.0 Å². The summed E-state index contributed by atoms with van der Waals surface area (Å²) in [5, 5.41) is 0. The second-order valence-electron chi connectivity index (χ2n) is 4.42. The number of benzene rings is 1. The van der Waals surface area contributed by atoms with E-state index in [1.165, 1.54) is 0 Å². The molecular formula is C15H21NO3. The van der Waals surface area contributed by atoms with Crippen LogP contribution in [0.4, 0.5) is 0 Å². The van der Waals surface area contributed by atoms with Crippen molar-refractivity contribution in [1.82, 2.24) is 0 Å². The number of esters is 1. The largest absolute Gasteiger partial charge is 0.486 e. The molecule has 0 aliphatic carbocycles. The molecule has 0 spiro atoms. The Bertz CT molecular complexity index is 403. The Labute approximate surface area is 114 Å². The fourth-order valence-corrected chi connectivity index (χ4v) is 1.54. The van der Waals surface area contributed by atoms with Gasteiger partial charge in [-0.25, -0.2) is 0 Å². The Morgan fingerprint density at radius 3 is 2.53 bits per heavy atom. The number of nitrogens with two attached hydrogens (primary N) is 1. The third kappa shape index (κ3) is 5.14. The summed E-state index contributed by atoms with van der Waals surface area (Å²) in [5.41, 5.74) is 5.48. The van der Waals surface area contributed by atoms with E-state index in [0.29, 0.717) is 6.42 Å². The number of carbonyl (C=O) groups excluding carboxylic acids is 1. The van der Waals surface area contributed by atoms with Crippen LogP contribution in [-0.4, -0.2) is 24.2 Å². The predicted octanol–water partition coefficient (Wildman–Crippen LogP) is 2.29. The summed E-state index contributed by atoms with van der Waals surface area (Å²) in [6.07, 6.45) is 1.66. The van der Waals surface area contributed by atoms with Crippen LogP contribution in [0.25, 0.3) is 0 Å². The van der Waals surface area contributed by atoms with Crippen LogP contribution in [0.1, 0.15) is 20.3 Å². The van der Waals surface area contributed by atoms with E-state index in [4.69, 9.17) is 15.2 Å². The summed E-state index contributed by atoms with van der Waals surface area (Å²) >= 11 is 0. The van der Waals surface area contributed by atoms with E-state index in [-0.39, 0.29) is 6.10 Å². The summed E-state index contributed by atoms with van der Waals surface area (Å²) in [6, 6.07) is 8.77. The molecule has 0 fully saturated rings. The van der Waals surface area contributed by atoms with Gasteiger partial charge in [-0.3, -0.25) is 4.79 Å². The minimum absolute atomic E-state index is 0.275. The van der Waals surface area contributed by atoms with Crippen molar-refractivity contribution in [3.8, 4) is 5.75 Å². The normalized spacial score (nSPS) is 15.1. The van der Waals surface area contributed by atoms with Crippen molar-refractivity contribution >= 4 is 5.97 Å². The minimum atomic E-state index is -0.636. The Balaban J connectivity index is 2.66. The standard InChI is InChI=1S/C15H21NO3/c1-4-8-14(12(3)18-15(17)11(2)16)19-13-9-6-5-7-10-13/h4-7,9-12,14H,1,8,16H2,2-3H3/t11-,12-,14+/m0/s1. The molecule has 0 saturated heterocycles. The van der Waals surface area contributed by atoms with Crippen molar-refractivity contribution in [2.24, 2.45) is 5.73 Å². The number of hydrogen-bond donors (Lipinski definition) is 1. The fourth-order valence-electron chi connectivity index (χ4n) is 1.54. The fraction of sp³-hybridized carbons (Fsp3) is 0.400. The zero-order chi connectivity index (χ0) is 14.3. The predicted molar refractivity (Wildman–Crippen MR) is 74.9 cm³/mol. The van der Waals surface area contributed by atoms with Crippen LogP contribution in [-0.2, 0) is 9.53 Å². The molecule has 0 aromatic heterocycles. The molecule has 0 bridgehead atoms. The van der Waals surface area contributed by atoms with Gasteiger partial charge in [-0.2, -0.15) is 0 Å². The van der Waals surface area contributed by atoms with Gasteiger partial charge in [0.25, 0.3) is 0 Å². The first-order valence-corrected chi connectivity index (χ1v) is 6.33. The summed E-state index contributed by atoms with van der Waals surface area (Å²) in [5.74, 6) is 0.302. The zero-order valence-electron chi connectivity index (χ0n) is 11.4. The lowest BCUT2D eigenvalue weighted by Crippen LogP contribution is -2.38. The molecule has 4 heteroatoms. The maximum Gasteiger partial charge on any atom is 0.323 e. The van der Waals surface area contributed by atoms with Crippen LogP contribution < -0.4 is 10.5 Å². The highest BCUT2D eigenvalue weighted by molar-refractivity contribution is 5.75. The van der Waals surface area contributed by atoms with Crippen LogP contribution in [0.15, 0.2) is 43.0 Å². The molecule has 0 radical (unpaired) electrons. The van der Waals surface area contributed by atoms with Crippen LogP contribution in [0.3, 0.4) is 0 Å². The molecule has 0 aliphatic heterocycles. The first kappa shape index (κ1) is 15.2. The highest BCUT2D eigenvalue weighted by Crippen LogP contribution is 2.16. The van der Waals surface area contributed by atoms with Crippen LogP contribution in [0, 0.1) is 0 Å². The molecular weight excluding hydrogens is 242 g/mol. The van der Waals surface area contributed by atoms with Crippen molar-refractivity contribution in [2.45, 2.75) is 38.5 Å². The maximum absolute atomic E-state index is 11.5. The van der Waals surface area contributed by atoms with Gasteiger partial charge in [-0.05, 0) is 26.0 Å². The summed E-state index contributed by atoms with van der Waals surface area (Å²) < 4.78 is 11.1. The molecule has 2 N–H and O–H groups in total. The zero-order valence-corrected chi connectivity index (χ0v) is 11.4. The molecule has 0 saturated carbocycles. The summed E-state index contributed by atoms with van der Waals surface area (Å²) in [4.78, 5) is 11.5. The van der Waals surface area contributed by atoms with E-state index in [1.807, 2.05) is 30.3 Å². The quantitative estimate of drug-likeness (QED) is 0.605. The lowest BCUT2D eigenvalue weighted by atomic mass is 10.1. The van der Waals surface area contributed by atoms with E-state index in [1.54, 1.807) is 19.9 Å². The number of ether oxygens (including phenoxy) is 2. The molecule has 1 rings (SSSR count). The van der Waals surface area contributed by atoms with Crippen molar-refractivity contribution < 1.29 is 14.3 Å². The van der Waals surface area contributed by atoms with E-state index in [0.717, 1.165) is 5.75 Å². The van der Waals surface area contributed by atoms with Crippen molar-refractivity contribution in [3.05, 3.63) is 43.0 Å². The number of carbonyl (C=O) groups is 1. The van der Waals surface area contributed by atoms with Crippen LogP contribution in [0.5, 0.6) is 5.75 Å². The molecule has 0 aliphatic rings. The number of para-hydroxylation sites is 1. The average Bonchev–Trinajstić information content (AvgIpc) is 2.39. The molecule has 1 aromatic rings. The number of rotatable bonds is 7. The van der Waals surface area contributed by atoms with Gasteiger partial charge in [0.05, 0.1) is 0 Å². The molecule has 0 heterocycles. The highest BCUT2D eigenvalue weighted by Gasteiger charge is 2.23. The van der Waals surface area contributed by atoms with Gasteiger partial charge in [-0.1, -0.05) is 24.3 Å². The lowest BCUT2D eigenvalue weighted by molar-refractivity contribution is -0.153. The summed E-state index contributed by atoms with van der Waals surface area (Å²) in [6.45, 7) is 7.08. The SMILES string of the molecule is C=CC[C@@H](Oc1ccccc1)[C@H](C)OC(=O)[C@H](C)N. The second kappa shape index (κ2) is 7.59. The van der Waals surface area contributed by atoms with Gasteiger partial charge in [0, 0.05) is 6.42 Å². The molecule has 1 aromatic carbocycles. The average molecular weight is 263 g/mol. The Hall–Kier alpha value is -1.81. The minimum Gasteiger partial charge on any atom is -0.486 e. The summed E-state index contributed by atoms with van der Waals surface area (Å²) in [7, 11) is 0. The van der Waals surface area contributed by atoms with E-state index in [2.05, 4.69) is 6.58 Å². The molecule has 104 valence electrons. The van der Waals surface area contributed by atoms with Gasteiger partial charge in [0.15, 0.2) is 0 Å². The van der Waals surface area contributed by atoms with Crippen molar-refractivity contribution in [2.75, 3.05) is 0 Å². The second-order valence-corrected chi connectivity index (χ2v) is 4.42. The van der Waals surface area contributed by atoms with Crippen LogP contribution in [0.2, 0.25) is 0 Å². The Kier molecular flexibility index (Phi) is 6.09. The Morgan fingerprint density at radius 1 is 1.37 bits per heavy atom.